The average molecular weight is 529 g/mol. The van der Waals surface area contributed by atoms with Crippen LogP contribution in [0.2, 0.25) is 10.0 Å². The van der Waals surface area contributed by atoms with E-state index < -0.39 is 0 Å². The molecule has 172 valence electrons. The third-order valence-electron chi connectivity index (χ3n) is 4.76. The third-order valence-corrected chi connectivity index (χ3v) is 6.50. The predicted molar refractivity (Wildman–Crippen MR) is 144 cm³/mol. The summed E-state index contributed by atoms with van der Waals surface area (Å²) in [5.41, 5.74) is 3.08. The largest absolute Gasteiger partial charge is 0.484 e. The Labute approximate surface area is 216 Å². The lowest BCUT2D eigenvalue weighted by atomic mass is 10.2. The molecule has 0 aromatic heterocycles. The lowest BCUT2D eigenvalue weighted by Crippen LogP contribution is -2.27. The van der Waals surface area contributed by atoms with Gasteiger partial charge in [0.05, 0.1) is 10.6 Å². The molecule has 0 bridgehead atoms. The summed E-state index contributed by atoms with van der Waals surface area (Å²) in [6.07, 6.45) is 1.76. The second-order valence-electron chi connectivity index (χ2n) is 7.42. The zero-order valence-electron chi connectivity index (χ0n) is 17.9. The molecular formula is C25H18Cl2N2O3S2. The molecule has 0 spiro atoms. The molecule has 1 aliphatic rings. The smallest absolute Gasteiger partial charge is 0.270 e. The van der Waals surface area contributed by atoms with E-state index in [1.54, 1.807) is 42.5 Å². The fourth-order valence-corrected chi connectivity index (χ4v) is 5.03. The number of thiocarbonyl (C=S) groups is 1. The van der Waals surface area contributed by atoms with Gasteiger partial charge in [-0.2, -0.15) is 0 Å². The Morgan fingerprint density at radius 2 is 1.79 bits per heavy atom. The molecule has 2 amide bonds. The number of benzene rings is 3. The second-order valence-corrected chi connectivity index (χ2v) is 9.97. The molecule has 9 heteroatoms. The first-order valence-corrected chi connectivity index (χ1v) is 12.1. The Morgan fingerprint density at radius 3 is 2.50 bits per heavy atom. The fraction of sp³-hybridized carbons (Fsp3) is 0.0800. The van der Waals surface area contributed by atoms with Gasteiger partial charge in [-0.25, -0.2) is 0 Å². The highest BCUT2D eigenvalue weighted by Gasteiger charge is 2.33. The Bertz CT molecular complexity index is 1290. The lowest BCUT2D eigenvalue weighted by Gasteiger charge is -2.14. The number of nitrogens with zero attached hydrogens (tertiary/aromatic N) is 1. The van der Waals surface area contributed by atoms with E-state index in [4.69, 9.17) is 40.2 Å². The molecule has 1 heterocycles. The van der Waals surface area contributed by atoms with Crippen molar-refractivity contribution in [2.75, 3.05) is 16.8 Å². The van der Waals surface area contributed by atoms with E-state index in [9.17, 15) is 9.59 Å². The van der Waals surface area contributed by atoms with Gasteiger partial charge in [-0.05, 0) is 61.0 Å². The van der Waals surface area contributed by atoms with Crippen molar-refractivity contribution < 1.29 is 14.3 Å². The van der Waals surface area contributed by atoms with E-state index in [2.05, 4.69) is 5.32 Å². The van der Waals surface area contributed by atoms with Gasteiger partial charge < -0.3 is 10.1 Å². The molecule has 1 aliphatic heterocycles. The van der Waals surface area contributed by atoms with E-state index in [1.165, 1.54) is 16.7 Å². The van der Waals surface area contributed by atoms with Crippen LogP contribution in [0.3, 0.4) is 0 Å². The molecule has 1 saturated heterocycles. The zero-order chi connectivity index (χ0) is 24.2. The van der Waals surface area contributed by atoms with Crippen LogP contribution in [0, 0.1) is 6.92 Å². The maximum absolute atomic E-state index is 13.0. The molecule has 0 aliphatic carbocycles. The van der Waals surface area contributed by atoms with Crippen molar-refractivity contribution in [3.8, 4) is 5.75 Å². The fourth-order valence-electron chi connectivity index (χ4n) is 3.20. The van der Waals surface area contributed by atoms with Crippen LogP contribution in [0.15, 0.2) is 71.6 Å². The highest BCUT2D eigenvalue weighted by atomic mass is 35.5. The van der Waals surface area contributed by atoms with Crippen molar-refractivity contribution in [1.82, 2.24) is 0 Å². The number of hydrogen-bond acceptors (Lipinski definition) is 5. The average Bonchev–Trinajstić information content (AvgIpc) is 3.05. The van der Waals surface area contributed by atoms with Gasteiger partial charge in [-0.15, -0.1) is 0 Å². The molecule has 4 rings (SSSR count). The van der Waals surface area contributed by atoms with E-state index in [0.717, 1.165) is 16.8 Å². The van der Waals surface area contributed by atoms with Crippen LogP contribution >= 0.6 is 47.2 Å². The number of nitrogens with one attached hydrogen (secondary N) is 1. The number of thioether (sulfide) groups is 1. The van der Waals surface area contributed by atoms with Crippen LogP contribution in [-0.2, 0) is 9.59 Å². The van der Waals surface area contributed by atoms with Crippen molar-refractivity contribution in [2.24, 2.45) is 0 Å². The van der Waals surface area contributed by atoms with Gasteiger partial charge in [0.1, 0.15) is 5.75 Å². The molecule has 3 aromatic carbocycles. The second kappa shape index (κ2) is 10.6. The van der Waals surface area contributed by atoms with Crippen LogP contribution in [-0.4, -0.2) is 22.7 Å². The minimum atomic E-state index is -0.359. The number of carbonyl (C=O) groups is 2. The van der Waals surface area contributed by atoms with Crippen LogP contribution in [0.1, 0.15) is 11.1 Å². The van der Waals surface area contributed by atoms with Crippen LogP contribution < -0.4 is 15.0 Å². The summed E-state index contributed by atoms with van der Waals surface area (Å²) in [6.45, 7) is 1.78. The lowest BCUT2D eigenvalue weighted by molar-refractivity contribution is -0.118. The maximum Gasteiger partial charge on any atom is 0.270 e. The van der Waals surface area contributed by atoms with Gasteiger partial charge in [0.15, 0.2) is 10.9 Å². The van der Waals surface area contributed by atoms with Crippen LogP contribution in [0.25, 0.3) is 6.08 Å². The van der Waals surface area contributed by atoms with Crippen molar-refractivity contribution in [3.63, 3.8) is 0 Å². The molecule has 1 fully saturated rings. The molecular weight excluding hydrogens is 511 g/mol. The van der Waals surface area contributed by atoms with E-state index >= 15 is 0 Å². The number of aryl methyl sites for hydroxylation is 1. The van der Waals surface area contributed by atoms with Gasteiger partial charge in [0.2, 0.25) is 0 Å². The van der Waals surface area contributed by atoms with Crippen molar-refractivity contribution in [3.05, 3.63) is 92.8 Å². The summed E-state index contributed by atoms with van der Waals surface area (Å²) in [5, 5.41) is 3.53. The van der Waals surface area contributed by atoms with E-state index in [1.807, 2.05) is 37.3 Å². The molecule has 1 N–H and O–H groups in total. The Balaban J connectivity index is 1.42. The van der Waals surface area contributed by atoms with Crippen LogP contribution in [0.4, 0.5) is 11.4 Å². The first-order chi connectivity index (χ1) is 16.3. The topological polar surface area (TPSA) is 58.6 Å². The number of amides is 2. The summed E-state index contributed by atoms with van der Waals surface area (Å²) in [7, 11) is 0. The van der Waals surface area contributed by atoms with Gasteiger partial charge >= 0.3 is 0 Å². The molecule has 34 heavy (non-hydrogen) atoms. The first kappa shape index (κ1) is 24.3. The molecule has 3 aromatic rings. The number of anilines is 2. The minimum Gasteiger partial charge on any atom is -0.484 e. The SMILES string of the molecule is Cc1ccc(N2C(=O)/C(=C/c3cccc(OCC(=O)Nc4cc(Cl)cc(Cl)c4)c3)SC2=S)cc1. The van der Waals surface area contributed by atoms with Crippen molar-refractivity contribution in [2.45, 2.75) is 6.92 Å². The molecule has 0 radical (unpaired) electrons. The highest BCUT2D eigenvalue weighted by molar-refractivity contribution is 8.27. The molecule has 0 saturated carbocycles. The number of carbonyl (C=O) groups excluding carboxylic acids is 2. The third kappa shape index (κ3) is 5.98. The highest BCUT2D eigenvalue weighted by Crippen LogP contribution is 2.36. The Hall–Kier alpha value is -2.84. The number of ether oxygens (including phenoxy) is 1. The Kier molecular flexibility index (Phi) is 7.58. The summed E-state index contributed by atoms with van der Waals surface area (Å²) in [4.78, 5) is 27.3. The molecule has 5 nitrogen and oxygen atoms in total. The standard InChI is InChI=1S/C25H18Cl2N2O3S2/c1-15-5-7-20(8-6-15)29-24(31)22(34-25(29)33)10-16-3-2-4-21(9-16)32-14-23(30)28-19-12-17(26)11-18(27)13-19/h2-13H,14H2,1H3,(H,28,30)/b22-10-. The molecule has 0 atom stereocenters. The monoisotopic (exact) mass is 528 g/mol. The zero-order valence-corrected chi connectivity index (χ0v) is 21.0. The predicted octanol–water partition coefficient (Wildman–Crippen LogP) is 6.73. The van der Waals surface area contributed by atoms with Gasteiger partial charge in [0, 0.05) is 15.7 Å². The summed E-state index contributed by atoms with van der Waals surface area (Å²) in [6, 6.07) is 19.5. The van der Waals surface area contributed by atoms with Gasteiger partial charge in [-0.3, -0.25) is 14.5 Å². The maximum atomic E-state index is 13.0. The number of hydrogen-bond donors (Lipinski definition) is 1. The van der Waals surface area contributed by atoms with Crippen molar-refractivity contribution in [1.29, 1.82) is 0 Å². The summed E-state index contributed by atoms with van der Waals surface area (Å²) in [5.74, 6) is -0.0468. The first-order valence-electron chi connectivity index (χ1n) is 10.1. The Morgan fingerprint density at radius 1 is 1.09 bits per heavy atom. The van der Waals surface area contributed by atoms with E-state index in [0.29, 0.717) is 30.7 Å². The number of rotatable bonds is 6. The quantitative estimate of drug-likeness (QED) is 0.284. The van der Waals surface area contributed by atoms with Crippen molar-refractivity contribution >= 4 is 80.8 Å². The minimum absolute atomic E-state index is 0.176. The summed E-state index contributed by atoms with van der Waals surface area (Å²) >= 11 is 18.6. The molecule has 0 unspecified atom stereocenters. The van der Waals surface area contributed by atoms with Gasteiger partial charge in [-0.1, -0.05) is 77.0 Å². The van der Waals surface area contributed by atoms with Crippen LogP contribution in [0.5, 0.6) is 5.75 Å². The number of halogens is 2. The summed E-state index contributed by atoms with van der Waals surface area (Å²) < 4.78 is 6.10. The van der Waals surface area contributed by atoms with E-state index in [-0.39, 0.29) is 18.4 Å². The normalized spacial score (nSPS) is 14.6. The van der Waals surface area contributed by atoms with Gasteiger partial charge in [0.25, 0.3) is 11.8 Å².